The van der Waals surface area contributed by atoms with Crippen LogP contribution in [-0.4, -0.2) is 10.9 Å². The first kappa shape index (κ1) is 13.2. The van der Waals surface area contributed by atoms with Crippen LogP contribution in [0.3, 0.4) is 0 Å². The normalized spacial score (nSPS) is 16.5. The summed E-state index contributed by atoms with van der Waals surface area (Å²) < 4.78 is 5.31. The molecular formula is C15H15ClN2O2. The predicted molar refractivity (Wildman–Crippen MR) is 76.9 cm³/mol. The maximum Gasteiger partial charge on any atom is 0.301 e. The Labute approximate surface area is 122 Å². The van der Waals surface area contributed by atoms with Gasteiger partial charge in [-0.1, -0.05) is 30.2 Å². The number of hydrogen-bond donors (Lipinski definition) is 1. The molecule has 2 aromatic rings. The van der Waals surface area contributed by atoms with E-state index < -0.39 is 5.41 Å². The fraction of sp³-hybridized carbons (Fsp3) is 0.333. The van der Waals surface area contributed by atoms with Crippen molar-refractivity contribution < 1.29 is 9.21 Å². The van der Waals surface area contributed by atoms with E-state index in [4.69, 9.17) is 16.0 Å². The summed E-state index contributed by atoms with van der Waals surface area (Å²) in [7, 11) is 0. The van der Waals surface area contributed by atoms with Gasteiger partial charge in [0.25, 0.3) is 0 Å². The van der Waals surface area contributed by atoms with E-state index in [1.807, 2.05) is 24.3 Å². The van der Waals surface area contributed by atoms with Gasteiger partial charge in [0.1, 0.15) is 5.76 Å². The summed E-state index contributed by atoms with van der Waals surface area (Å²) in [5, 5.41) is 3.44. The van der Waals surface area contributed by atoms with Crippen molar-refractivity contribution >= 4 is 23.5 Å². The quantitative estimate of drug-likeness (QED) is 0.938. The molecule has 4 nitrogen and oxygen atoms in total. The van der Waals surface area contributed by atoms with E-state index in [1.165, 1.54) is 0 Å². The Morgan fingerprint density at radius 3 is 2.55 bits per heavy atom. The molecule has 0 bridgehead atoms. The van der Waals surface area contributed by atoms with Crippen LogP contribution in [-0.2, 0) is 10.2 Å². The zero-order valence-electron chi connectivity index (χ0n) is 11.1. The van der Waals surface area contributed by atoms with Crippen LogP contribution >= 0.6 is 11.6 Å². The molecule has 3 rings (SSSR count). The second-order valence-corrected chi connectivity index (χ2v) is 5.61. The molecule has 104 valence electrons. The average molecular weight is 291 g/mol. The van der Waals surface area contributed by atoms with Crippen molar-refractivity contribution in [3.8, 4) is 0 Å². The minimum Gasteiger partial charge on any atom is -0.429 e. The summed E-state index contributed by atoms with van der Waals surface area (Å²) in [6, 6.07) is 7.73. The first-order chi connectivity index (χ1) is 9.60. The van der Waals surface area contributed by atoms with Crippen LogP contribution in [0.2, 0.25) is 5.02 Å². The highest BCUT2D eigenvalue weighted by molar-refractivity contribution is 6.30. The van der Waals surface area contributed by atoms with Gasteiger partial charge in [-0.05, 0) is 37.5 Å². The van der Waals surface area contributed by atoms with E-state index in [1.54, 1.807) is 13.1 Å². The number of hydrogen-bond acceptors (Lipinski definition) is 3. The lowest BCUT2D eigenvalue weighted by Crippen LogP contribution is -2.46. The van der Waals surface area contributed by atoms with Gasteiger partial charge in [-0.15, -0.1) is 0 Å². The Hall–Kier alpha value is -1.81. The second kappa shape index (κ2) is 4.94. The fourth-order valence-electron chi connectivity index (χ4n) is 2.58. The predicted octanol–water partition coefficient (Wildman–Crippen LogP) is 3.70. The van der Waals surface area contributed by atoms with E-state index in [0.717, 1.165) is 24.8 Å². The van der Waals surface area contributed by atoms with E-state index in [0.29, 0.717) is 10.8 Å². The zero-order chi connectivity index (χ0) is 14.2. The maximum atomic E-state index is 12.6. The number of benzene rings is 1. The summed E-state index contributed by atoms with van der Waals surface area (Å²) in [5.74, 6) is 0.613. The van der Waals surface area contributed by atoms with Gasteiger partial charge in [0.15, 0.2) is 0 Å². The van der Waals surface area contributed by atoms with Crippen molar-refractivity contribution in [2.45, 2.75) is 31.6 Å². The second-order valence-electron chi connectivity index (χ2n) is 5.17. The van der Waals surface area contributed by atoms with Crippen molar-refractivity contribution in [2.75, 3.05) is 5.32 Å². The maximum absolute atomic E-state index is 12.6. The third-order valence-corrected chi connectivity index (χ3v) is 4.13. The SMILES string of the molecule is Cc1cnc(NC(=O)C2(c3ccc(Cl)cc3)CCC2)o1. The number of aryl methyl sites for hydroxylation is 1. The largest absolute Gasteiger partial charge is 0.429 e. The number of oxazole rings is 1. The van der Waals surface area contributed by atoms with E-state index in [-0.39, 0.29) is 11.9 Å². The molecule has 1 aliphatic carbocycles. The van der Waals surface area contributed by atoms with Gasteiger partial charge in [-0.2, -0.15) is 0 Å². The number of nitrogens with zero attached hydrogens (tertiary/aromatic N) is 1. The highest BCUT2D eigenvalue weighted by atomic mass is 35.5. The third kappa shape index (κ3) is 2.20. The number of nitrogens with one attached hydrogen (secondary N) is 1. The highest BCUT2D eigenvalue weighted by Crippen LogP contribution is 2.44. The summed E-state index contributed by atoms with van der Waals surface area (Å²) in [6.45, 7) is 1.79. The Bertz CT molecular complexity index is 630. The van der Waals surface area contributed by atoms with Crippen LogP contribution in [0.25, 0.3) is 0 Å². The number of rotatable bonds is 3. The molecule has 1 fully saturated rings. The minimum absolute atomic E-state index is 0.0621. The number of halogens is 1. The van der Waals surface area contributed by atoms with Gasteiger partial charge < -0.3 is 4.42 Å². The van der Waals surface area contributed by atoms with Crippen LogP contribution in [0.15, 0.2) is 34.9 Å². The molecule has 0 aliphatic heterocycles. The first-order valence-electron chi connectivity index (χ1n) is 6.60. The van der Waals surface area contributed by atoms with Gasteiger partial charge in [0.2, 0.25) is 5.91 Å². The summed E-state index contributed by atoms with van der Waals surface area (Å²) in [4.78, 5) is 16.6. The van der Waals surface area contributed by atoms with Crippen molar-refractivity contribution in [3.63, 3.8) is 0 Å². The van der Waals surface area contributed by atoms with Gasteiger partial charge >= 0.3 is 6.01 Å². The first-order valence-corrected chi connectivity index (χ1v) is 6.98. The molecule has 0 radical (unpaired) electrons. The molecule has 1 aromatic carbocycles. The third-order valence-electron chi connectivity index (χ3n) is 3.88. The van der Waals surface area contributed by atoms with Gasteiger partial charge in [0, 0.05) is 5.02 Å². The Kier molecular flexibility index (Phi) is 3.26. The molecular weight excluding hydrogens is 276 g/mol. The minimum atomic E-state index is -0.479. The number of carbonyl (C=O) groups is 1. The zero-order valence-corrected chi connectivity index (χ0v) is 11.9. The van der Waals surface area contributed by atoms with Crippen molar-refractivity contribution in [1.29, 1.82) is 0 Å². The van der Waals surface area contributed by atoms with Crippen molar-refractivity contribution in [2.24, 2.45) is 0 Å². The summed E-state index contributed by atoms with van der Waals surface area (Å²) in [6.07, 6.45) is 4.30. The van der Waals surface area contributed by atoms with E-state index >= 15 is 0 Å². The molecule has 0 spiro atoms. The van der Waals surface area contributed by atoms with Crippen molar-refractivity contribution in [1.82, 2.24) is 4.98 Å². The smallest absolute Gasteiger partial charge is 0.301 e. The van der Waals surface area contributed by atoms with Gasteiger partial charge in [0.05, 0.1) is 11.6 Å². The van der Waals surface area contributed by atoms with Crippen LogP contribution in [0.4, 0.5) is 6.01 Å². The van der Waals surface area contributed by atoms with Crippen LogP contribution in [0, 0.1) is 6.92 Å². The lowest BCUT2D eigenvalue weighted by molar-refractivity contribution is -0.124. The summed E-state index contributed by atoms with van der Waals surface area (Å²) in [5.41, 5.74) is 0.515. The average Bonchev–Trinajstić information content (AvgIpc) is 2.76. The Balaban J connectivity index is 1.85. The van der Waals surface area contributed by atoms with Crippen molar-refractivity contribution in [3.05, 3.63) is 46.8 Å². The molecule has 1 aromatic heterocycles. The van der Waals surface area contributed by atoms with Crippen LogP contribution in [0.5, 0.6) is 0 Å². The lowest BCUT2D eigenvalue weighted by atomic mass is 9.64. The molecule has 0 saturated heterocycles. The van der Waals surface area contributed by atoms with Crippen LogP contribution < -0.4 is 5.32 Å². The molecule has 1 amide bonds. The van der Waals surface area contributed by atoms with E-state index in [2.05, 4.69) is 10.3 Å². The topological polar surface area (TPSA) is 55.1 Å². The molecule has 0 unspecified atom stereocenters. The number of carbonyl (C=O) groups excluding carboxylic acids is 1. The fourth-order valence-corrected chi connectivity index (χ4v) is 2.70. The highest BCUT2D eigenvalue weighted by Gasteiger charge is 2.46. The monoisotopic (exact) mass is 290 g/mol. The number of amides is 1. The molecule has 0 atom stereocenters. The molecule has 1 N–H and O–H groups in total. The molecule has 20 heavy (non-hydrogen) atoms. The van der Waals surface area contributed by atoms with Crippen LogP contribution in [0.1, 0.15) is 30.6 Å². The van der Waals surface area contributed by atoms with E-state index in [9.17, 15) is 4.79 Å². The Morgan fingerprint density at radius 2 is 2.05 bits per heavy atom. The lowest BCUT2D eigenvalue weighted by Gasteiger charge is -2.40. The molecule has 1 saturated carbocycles. The number of aromatic nitrogens is 1. The van der Waals surface area contributed by atoms with Gasteiger partial charge in [-0.25, -0.2) is 4.98 Å². The standard InChI is InChI=1S/C15H15ClN2O2/c1-10-9-17-14(20-10)18-13(19)15(7-2-8-15)11-3-5-12(16)6-4-11/h3-6,9H,2,7-8H2,1H3,(H,17,18,19). The molecule has 1 aliphatic rings. The molecule has 5 heteroatoms. The Morgan fingerprint density at radius 1 is 1.35 bits per heavy atom. The summed E-state index contributed by atoms with van der Waals surface area (Å²) >= 11 is 5.91. The molecule has 1 heterocycles. The number of anilines is 1. The van der Waals surface area contributed by atoms with Gasteiger partial charge in [-0.3, -0.25) is 10.1 Å².